The van der Waals surface area contributed by atoms with Crippen LogP contribution in [0, 0.1) is 0 Å². The van der Waals surface area contributed by atoms with Crippen LogP contribution in [0.5, 0.6) is 0 Å². The van der Waals surface area contributed by atoms with E-state index in [0.717, 1.165) is 5.69 Å². The van der Waals surface area contributed by atoms with Crippen LogP contribution in [0.25, 0.3) is 10.1 Å². The first-order valence-corrected chi connectivity index (χ1v) is 6.02. The van der Waals surface area contributed by atoms with E-state index >= 15 is 0 Å². The largest absolute Gasteiger partial charge is 0.194 e. The predicted octanol–water partition coefficient (Wildman–Crippen LogP) is 4.08. The summed E-state index contributed by atoms with van der Waals surface area (Å²) in [4.78, 5) is 0. The molecule has 0 N–H and O–H groups in total. The van der Waals surface area contributed by atoms with Crippen LogP contribution < -0.4 is 0 Å². The van der Waals surface area contributed by atoms with Crippen molar-refractivity contribution in [3.63, 3.8) is 0 Å². The van der Waals surface area contributed by atoms with E-state index in [2.05, 4.69) is 48.4 Å². The van der Waals surface area contributed by atoms with Crippen molar-refractivity contribution < 1.29 is 0 Å². The molecule has 0 aliphatic carbocycles. The third-order valence-electron chi connectivity index (χ3n) is 1.61. The molecule has 0 aliphatic heterocycles. The molecule has 12 heavy (non-hydrogen) atoms. The Morgan fingerprint density at radius 3 is 2.75 bits per heavy atom. The summed E-state index contributed by atoms with van der Waals surface area (Å²) in [5.74, 6) is 0. The van der Waals surface area contributed by atoms with E-state index in [1.165, 1.54) is 21.6 Å². The van der Waals surface area contributed by atoms with Crippen molar-refractivity contribution in [1.29, 1.82) is 0 Å². The molecule has 62 valence electrons. The molecule has 2 rings (SSSR count). The summed E-state index contributed by atoms with van der Waals surface area (Å²) in [6.07, 6.45) is 0. The summed E-state index contributed by atoms with van der Waals surface area (Å²) in [5, 5.41) is 1.22. The van der Waals surface area contributed by atoms with Crippen molar-refractivity contribution in [1.82, 2.24) is 4.37 Å². The van der Waals surface area contributed by atoms with Gasteiger partial charge in [0.2, 0.25) is 0 Å². The molecule has 1 heterocycles. The summed E-state index contributed by atoms with van der Waals surface area (Å²) in [7, 11) is 0. The maximum Gasteiger partial charge on any atom is 0.113 e. The predicted molar refractivity (Wildman–Crippen MR) is 60.2 cm³/mol. The summed E-state index contributed by atoms with van der Waals surface area (Å²) in [6.45, 7) is 0. The summed E-state index contributed by atoms with van der Waals surface area (Å²) >= 11 is 8.42. The number of fused-ring (bicyclic) bond motifs is 1. The highest BCUT2D eigenvalue weighted by Gasteiger charge is 2.10. The maximum absolute atomic E-state index is 4.34. The number of hydrogen-bond acceptors (Lipinski definition) is 2. The molecular weight excluding hydrogens is 302 g/mol. The van der Waals surface area contributed by atoms with Crippen molar-refractivity contribution >= 4 is 53.5 Å². The number of nitrogens with zero attached hydrogens (tertiary/aromatic N) is 1. The molecule has 0 amide bonds. The highest BCUT2D eigenvalue weighted by molar-refractivity contribution is 9.24. The Kier molecular flexibility index (Phi) is 2.48. The van der Waals surface area contributed by atoms with E-state index in [-0.39, 0.29) is 3.74 Å². The van der Waals surface area contributed by atoms with Gasteiger partial charge in [0.1, 0.15) is 3.74 Å². The van der Waals surface area contributed by atoms with Crippen LogP contribution in [0.1, 0.15) is 9.43 Å². The molecule has 0 radical (unpaired) electrons. The van der Waals surface area contributed by atoms with E-state index in [4.69, 9.17) is 0 Å². The number of alkyl halides is 2. The topological polar surface area (TPSA) is 12.9 Å². The van der Waals surface area contributed by atoms with Crippen LogP contribution in [-0.4, -0.2) is 4.37 Å². The van der Waals surface area contributed by atoms with E-state index < -0.39 is 0 Å². The molecule has 0 aliphatic rings. The standard InChI is InChI=1S/C8H5Br2NS/c9-8(10)7-5-3-1-2-4-6(5)12-11-7/h1-4,8H. The van der Waals surface area contributed by atoms with Crippen LogP contribution in [0.2, 0.25) is 0 Å². The second kappa shape index (κ2) is 3.44. The smallest absolute Gasteiger partial charge is 0.113 e. The first-order chi connectivity index (χ1) is 5.79. The van der Waals surface area contributed by atoms with Crippen molar-refractivity contribution in [2.75, 3.05) is 0 Å². The number of rotatable bonds is 1. The molecule has 0 saturated carbocycles. The van der Waals surface area contributed by atoms with Gasteiger partial charge in [0, 0.05) is 5.39 Å². The molecule has 0 saturated heterocycles. The fraction of sp³-hybridized carbons (Fsp3) is 0.125. The zero-order valence-electron chi connectivity index (χ0n) is 6.00. The van der Waals surface area contributed by atoms with Gasteiger partial charge in [-0.05, 0) is 17.6 Å². The molecule has 4 heteroatoms. The second-order valence-electron chi connectivity index (χ2n) is 2.36. The maximum atomic E-state index is 4.34. The summed E-state index contributed by atoms with van der Waals surface area (Å²) in [5.41, 5.74) is 1.07. The van der Waals surface area contributed by atoms with Gasteiger partial charge in [-0.15, -0.1) is 0 Å². The number of hydrogen-bond donors (Lipinski definition) is 0. The van der Waals surface area contributed by atoms with Gasteiger partial charge in [-0.2, -0.15) is 4.37 Å². The van der Waals surface area contributed by atoms with Crippen molar-refractivity contribution in [3.05, 3.63) is 30.0 Å². The molecule has 0 bridgehead atoms. The molecule has 2 aromatic rings. The Labute approximate surface area is 91.2 Å². The minimum atomic E-state index is 0.154. The SMILES string of the molecule is BrC(Br)c1nsc2ccccc12. The van der Waals surface area contributed by atoms with Crippen LogP contribution in [0.15, 0.2) is 24.3 Å². The molecule has 0 unspecified atom stereocenters. The lowest BCUT2D eigenvalue weighted by Gasteiger charge is -1.95. The normalized spacial score (nSPS) is 11.2. The third-order valence-corrected chi connectivity index (χ3v) is 3.32. The minimum Gasteiger partial charge on any atom is -0.194 e. The van der Waals surface area contributed by atoms with Gasteiger partial charge in [-0.1, -0.05) is 50.1 Å². The van der Waals surface area contributed by atoms with Gasteiger partial charge in [0.05, 0.1) is 10.4 Å². The van der Waals surface area contributed by atoms with Crippen LogP contribution in [0.4, 0.5) is 0 Å². The lowest BCUT2D eigenvalue weighted by molar-refractivity contribution is 1.33. The van der Waals surface area contributed by atoms with Crippen molar-refractivity contribution in [2.45, 2.75) is 3.74 Å². The fourth-order valence-electron chi connectivity index (χ4n) is 1.06. The third kappa shape index (κ3) is 1.43. The Hall–Kier alpha value is 0.0700. The van der Waals surface area contributed by atoms with Crippen molar-refractivity contribution in [3.8, 4) is 0 Å². The lowest BCUT2D eigenvalue weighted by atomic mass is 10.2. The lowest BCUT2D eigenvalue weighted by Crippen LogP contribution is -1.78. The average Bonchev–Trinajstić information content (AvgIpc) is 2.47. The highest BCUT2D eigenvalue weighted by Crippen LogP contribution is 2.35. The molecule has 1 aromatic carbocycles. The number of aromatic nitrogens is 1. The summed E-state index contributed by atoms with van der Waals surface area (Å²) < 4.78 is 5.73. The zero-order valence-corrected chi connectivity index (χ0v) is 9.99. The van der Waals surface area contributed by atoms with E-state index in [9.17, 15) is 0 Å². The van der Waals surface area contributed by atoms with Gasteiger partial charge in [-0.3, -0.25) is 0 Å². The first-order valence-electron chi connectivity index (χ1n) is 3.41. The second-order valence-corrected chi connectivity index (χ2v) is 6.23. The average molecular weight is 307 g/mol. The zero-order chi connectivity index (χ0) is 8.55. The molecular formula is C8H5Br2NS. The van der Waals surface area contributed by atoms with Gasteiger partial charge in [0.15, 0.2) is 0 Å². The molecule has 0 fully saturated rings. The van der Waals surface area contributed by atoms with E-state index in [1.54, 1.807) is 0 Å². The van der Waals surface area contributed by atoms with Crippen LogP contribution in [-0.2, 0) is 0 Å². The number of benzene rings is 1. The Bertz CT molecular complexity index is 397. The molecule has 1 nitrogen and oxygen atoms in total. The van der Waals surface area contributed by atoms with Crippen LogP contribution >= 0.6 is 43.4 Å². The highest BCUT2D eigenvalue weighted by atomic mass is 79.9. The van der Waals surface area contributed by atoms with Gasteiger partial charge in [-0.25, -0.2) is 0 Å². The molecule has 0 spiro atoms. The Morgan fingerprint density at radius 2 is 2.00 bits per heavy atom. The van der Waals surface area contributed by atoms with Gasteiger partial charge in [0.25, 0.3) is 0 Å². The van der Waals surface area contributed by atoms with Gasteiger partial charge < -0.3 is 0 Å². The molecule has 0 atom stereocenters. The number of halogens is 2. The minimum absolute atomic E-state index is 0.154. The Morgan fingerprint density at radius 1 is 1.25 bits per heavy atom. The monoisotopic (exact) mass is 305 g/mol. The summed E-state index contributed by atoms with van der Waals surface area (Å²) in [6, 6.07) is 8.23. The Balaban J connectivity index is 2.70. The van der Waals surface area contributed by atoms with E-state index in [0.29, 0.717) is 0 Å². The van der Waals surface area contributed by atoms with E-state index in [1.807, 2.05) is 12.1 Å². The molecule has 1 aromatic heterocycles. The van der Waals surface area contributed by atoms with Crippen LogP contribution in [0.3, 0.4) is 0 Å². The van der Waals surface area contributed by atoms with Crippen molar-refractivity contribution in [2.24, 2.45) is 0 Å². The quantitative estimate of drug-likeness (QED) is 0.723. The fourth-order valence-corrected chi connectivity index (χ4v) is 2.84. The first kappa shape index (κ1) is 8.66. The van der Waals surface area contributed by atoms with Gasteiger partial charge >= 0.3 is 0 Å².